The molecule has 2 N–H and O–H groups in total. The highest BCUT2D eigenvalue weighted by Crippen LogP contribution is 2.32. The highest BCUT2D eigenvalue weighted by atomic mass is 35.5. The third-order valence-electron chi connectivity index (χ3n) is 4.53. The minimum atomic E-state index is -4.43. The summed E-state index contributed by atoms with van der Waals surface area (Å²) in [5, 5.41) is 13.5. The third-order valence-corrected chi connectivity index (χ3v) is 4.78. The first-order valence-electron chi connectivity index (χ1n) is 8.40. The molecule has 0 saturated carbocycles. The van der Waals surface area contributed by atoms with E-state index in [0.717, 1.165) is 12.1 Å². The molecule has 2 aromatic rings. The largest absolute Gasteiger partial charge is 0.416 e. The molecule has 27 heavy (non-hydrogen) atoms. The van der Waals surface area contributed by atoms with Gasteiger partial charge in [0, 0.05) is 18.1 Å². The van der Waals surface area contributed by atoms with Crippen molar-refractivity contribution >= 4 is 17.6 Å². The van der Waals surface area contributed by atoms with E-state index >= 15 is 0 Å². The molecule has 0 bridgehead atoms. The Morgan fingerprint density at radius 3 is 2.59 bits per heavy atom. The zero-order valence-electron chi connectivity index (χ0n) is 14.2. The molecular formula is C19H18ClF3N2O2. The van der Waals surface area contributed by atoms with Crippen molar-refractivity contribution in [2.75, 3.05) is 13.1 Å². The Morgan fingerprint density at radius 1 is 1.22 bits per heavy atom. The number of alkyl halides is 3. The van der Waals surface area contributed by atoms with E-state index < -0.39 is 23.9 Å². The fourth-order valence-corrected chi connectivity index (χ4v) is 3.16. The van der Waals surface area contributed by atoms with Crippen LogP contribution in [0.25, 0.3) is 0 Å². The third kappa shape index (κ3) is 4.73. The zero-order chi connectivity index (χ0) is 19.6. The Morgan fingerprint density at radius 2 is 1.93 bits per heavy atom. The predicted octanol–water partition coefficient (Wildman–Crippen LogP) is 4.55. The van der Waals surface area contributed by atoms with Gasteiger partial charge in [-0.15, -0.1) is 0 Å². The van der Waals surface area contributed by atoms with E-state index in [9.17, 15) is 23.1 Å². The van der Waals surface area contributed by atoms with E-state index in [4.69, 9.17) is 11.6 Å². The quantitative estimate of drug-likeness (QED) is 0.776. The monoisotopic (exact) mass is 398 g/mol. The van der Waals surface area contributed by atoms with Crippen LogP contribution in [0.4, 0.5) is 18.0 Å². The van der Waals surface area contributed by atoms with Crippen LogP contribution < -0.4 is 5.32 Å². The molecule has 1 heterocycles. The van der Waals surface area contributed by atoms with Crippen LogP contribution in [0.2, 0.25) is 5.02 Å². The number of hydrogen-bond donors (Lipinski definition) is 2. The van der Waals surface area contributed by atoms with Crippen molar-refractivity contribution in [1.82, 2.24) is 10.2 Å². The molecule has 1 saturated heterocycles. The number of rotatable bonds is 5. The van der Waals surface area contributed by atoms with Crippen LogP contribution in [0.1, 0.15) is 35.3 Å². The molecule has 0 radical (unpaired) electrons. The van der Waals surface area contributed by atoms with Crippen LogP contribution in [-0.4, -0.2) is 29.1 Å². The Balaban J connectivity index is 1.61. The van der Waals surface area contributed by atoms with Gasteiger partial charge in [0.15, 0.2) is 0 Å². The van der Waals surface area contributed by atoms with Crippen LogP contribution in [0, 0.1) is 0 Å². The number of nitrogens with zero attached hydrogens (tertiary/aromatic N) is 1. The van der Waals surface area contributed by atoms with Gasteiger partial charge in [0.2, 0.25) is 0 Å². The van der Waals surface area contributed by atoms with Gasteiger partial charge in [-0.05, 0) is 41.8 Å². The summed E-state index contributed by atoms with van der Waals surface area (Å²) in [6, 6.07) is 10.8. The van der Waals surface area contributed by atoms with E-state index in [0.29, 0.717) is 22.6 Å². The molecule has 1 aliphatic rings. The average molecular weight is 399 g/mol. The summed E-state index contributed by atoms with van der Waals surface area (Å²) in [5.41, 5.74) is 0.346. The van der Waals surface area contributed by atoms with Crippen molar-refractivity contribution in [1.29, 1.82) is 0 Å². The number of carbonyl (C=O) groups excluding carboxylic acids is 1. The van der Waals surface area contributed by atoms with Gasteiger partial charge in [-0.3, -0.25) is 0 Å². The summed E-state index contributed by atoms with van der Waals surface area (Å²) in [6.45, 7) is 0.526. The number of halogens is 4. The number of benzene rings is 2. The van der Waals surface area contributed by atoms with Crippen LogP contribution in [0.5, 0.6) is 0 Å². The second kappa shape index (κ2) is 7.78. The van der Waals surface area contributed by atoms with Gasteiger partial charge in [0.05, 0.1) is 17.7 Å². The summed E-state index contributed by atoms with van der Waals surface area (Å²) in [5.74, 6) is 0. The van der Waals surface area contributed by atoms with Crippen molar-refractivity contribution in [2.45, 2.75) is 24.7 Å². The first-order chi connectivity index (χ1) is 12.7. The highest BCUT2D eigenvalue weighted by Gasteiger charge is 2.33. The molecule has 2 aromatic carbocycles. The number of amides is 2. The molecular weight excluding hydrogens is 381 g/mol. The van der Waals surface area contributed by atoms with Crippen molar-refractivity contribution < 1.29 is 23.1 Å². The number of carbonyl (C=O) groups is 1. The number of hydrogen-bond acceptors (Lipinski definition) is 2. The van der Waals surface area contributed by atoms with Crippen molar-refractivity contribution in [3.05, 3.63) is 70.2 Å². The molecule has 3 rings (SSSR count). The first-order valence-corrected chi connectivity index (χ1v) is 8.78. The van der Waals surface area contributed by atoms with Crippen molar-refractivity contribution in [3.8, 4) is 0 Å². The summed E-state index contributed by atoms with van der Waals surface area (Å²) >= 11 is 5.82. The second-order valence-electron chi connectivity index (χ2n) is 6.43. The molecule has 1 fully saturated rings. The van der Waals surface area contributed by atoms with E-state index in [1.807, 2.05) is 0 Å². The van der Waals surface area contributed by atoms with Gasteiger partial charge in [-0.2, -0.15) is 13.2 Å². The van der Waals surface area contributed by atoms with Gasteiger partial charge < -0.3 is 15.3 Å². The fraction of sp³-hybridized carbons (Fsp3) is 0.316. The summed E-state index contributed by atoms with van der Waals surface area (Å²) < 4.78 is 38.6. The minimum absolute atomic E-state index is 0.244. The van der Waals surface area contributed by atoms with Crippen LogP contribution in [0.3, 0.4) is 0 Å². The Bertz CT molecular complexity index is 811. The summed E-state index contributed by atoms with van der Waals surface area (Å²) in [7, 11) is 0. The SMILES string of the molecule is O=C1NC(c2cccc(C(F)(F)F)c2)CN1CC[C@H](O)c1ccc(Cl)cc1. The fourth-order valence-electron chi connectivity index (χ4n) is 3.03. The number of urea groups is 1. The molecule has 0 aliphatic carbocycles. The molecule has 2 atom stereocenters. The molecule has 1 unspecified atom stereocenters. The van der Waals surface area contributed by atoms with Crippen LogP contribution >= 0.6 is 11.6 Å². The van der Waals surface area contributed by atoms with Gasteiger partial charge in [0.25, 0.3) is 0 Å². The Hall–Kier alpha value is -2.25. The average Bonchev–Trinajstić information content (AvgIpc) is 3.00. The maximum atomic E-state index is 12.9. The lowest BCUT2D eigenvalue weighted by Gasteiger charge is -2.18. The molecule has 144 valence electrons. The number of aliphatic hydroxyl groups is 1. The summed E-state index contributed by atoms with van der Waals surface area (Å²) in [6.07, 6.45) is -4.88. The lowest BCUT2D eigenvalue weighted by atomic mass is 10.0. The van der Waals surface area contributed by atoms with Gasteiger partial charge in [-0.1, -0.05) is 35.9 Å². The van der Waals surface area contributed by atoms with E-state index in [-0.39, 0.29) is 19.1 Å². The maximum Gasteiger partial charge on any atom is 0.416 e. The van der Waals surface area contributed by atoms with Gasteiger partial charge >= 0.3 is 12.2 Å². The Labute approximate surface area is 159 Å². The van der Waals surface area contributed by atoms with E-state index in [2.05, 4.69) is 5.32 Å². The van der Waals surface area contributed by atoms with E-state index in [1.165, 1.54) is 11.0 Å². The first kappa shape index (κ1) is 19.5. The number of aliphatic hydroxyl groups excluding tert-OH is 1. The van der Waals surface area contributed by atoms with Gasteiger partial charge in [-0.25, -0.2) is 4.79 Å². The smallest absolute Gasteiger partial charge is 0.388 e. The van der Waals surface area contributed by atoms with Crippen molar-refractivity contribution in [3.63, 3.8) is 0 Å². The molecule has 2 amide bonds. The predicted molar refractivity (Wildman–Crippen MR) is 95.3 cm³/mol. The number of nitrogens with one attached hydrogen (secondary N) is 1. The van der Waals surface area contributed by atoms with Crippen molar-refractivity contribution in [2.24, 2.45) is 0 Å². The maximum absolute atomic E-state index is 12.9. The van der Waals surface area contributed by atoms with E-state index in [1.54, 1.807) is 30.3 Å². The lowest BCUT2D eigenvalue weighted by molar-refractivity contribution is -0.137. The summed E-state index contributed by atoms with van der Waals surface area (Å²) in [4.78, 5) is 13.6. The van der Waals surface area contributed by atoms with Gasteiger partial charge in [0.1, 0.15) is 0 Å². The molecule has 8 heteroatoms. The normalized spacial score (nSPS) is 18.5. The minimum Gasteiger partial charge on any atom is -0.388 e. The lowest BCUT2D eigenvalue weighted by Crippen LogP contribution is -2.29. The zero-order valence-corrected chi connectivity index (χ0v) is 15.0. The van der Waals surface area contributed by atoms with Crippen LogP contribution in [0.15, 0.2) is 48.5 Å². The Kier molecular flexibility index (Phi) is 5.62. The molecule has 4 nitrogen and oxygen atoms in total. The second-order valence-corrected chi connectivity index (χ2v) is 6.86. The highest BCUT2D eigenvalue weighted by molar-refractivity contribution is 6.30. The topological polar surface area (TPSA) is 52.6 Å². The standard InChI is InChI=1S/C19H18ClF3N2O2/c20-15-6-4-12(5-7-15)17(26)8-9-25-11-16(24-18(25)27)13-2-1-3-14(10-13)19(21,22)23/h1-7,10,16-17,26H,8-9,11H2,(H,24,27)/t16?,17-/m0/s1. The molecule has 1 aliphatic heterocycles. The molecule has 0 aromatic heterocycles. The van der Waals surface area contributed by atoms with Crippen LogP contribution in [-0.2, 0) is 6.18 Å². The molecule has 0 spiro atoms.